The van der Waals surface area contributed by atoms with Crippen molar-refractivity contribution in [2.24, 2.45) is 5.92 Å². The van der Waals surface area contributed by atoms with Crippen LogP contribution >= 0.6 is 0 Å². The molecule has 3 nitrogen and oxygen atoms in total. The van der Waals surface area contributed by atoms with Crippen LogP contribution in [0.15, 0.2) is 0 Å². The van der Waals surface area contributed by atoms with Gasteiger partial charge in [-0.2, -0.15) is 0 Å². The quantitative estimate of drug-likeness (QED) is 0.268. The van der Waals surface area contributed by atoms with E-state index in [1.54, 1.807) is 0 Å². The first-order valence-electron chi connectivity index (χ1n) is 2.46. The van der Waals surface area contributed by atoms with Crippen molar-refractivity contribution in [3.63, 3.8) is 0 Å². The van der Waals surface area contributed by atoms with Gasteiger partial charge < -0.3 is 9.53 Å². The van der Waals surface area contributed by atoms with Crippen LogP contribution in [0.25, 0.3) is 0 Å². The smallest absolute Gasteiger partial charge is 0.316 e. The minimum atomic E-state index is -0.477. The summed E-state index contributed by atoms with van der Waals surface area (Å²) in [6.45, 7) is 0.405. The van der Waals surface area contributed by atoms with Crippen molar-refractivity contribution in [2.75, 3.05) is 6.61 Å². The minimum Gasteiger partial charge on any atom is -0.465 e. The summed E-state index contributed by atoms with van der Waals surface area (Å²) < 4.78 is 4.49. The topological polar surface area (TPSA) is 43.4 Å². The van der Waals surface area contributed by atoms with Crippen LogP contribution in [0.3, 0.4) is 0 Å². The molecule has 1 fully saturated rings. The molecule has 0 aromatic carbocycles. The molecular formula is C5H6O3. The zero-order valence-electron chi connectivity index (χ0n) is 4.29. The summed E-state index contributed by atoms with van der Waals surface area (Å²) in [4.78, 5) is 20.3. The third kappa shape index (κ3) is 0.710. The van der Waals surface area contributed by atoms with E-state index >= 15 is 0 Å². The van der Waals surface area contributed by atoms with E-state index < -0.39 is 5.92 Å². The van der Waals surface area contributed by atoms with Gasteiger partial charge in [-0.25, -0.2) is 0 Å². The summed E-state index contributed by atoms with van der Waals surface area (Å²) in [6.07, 6.45) is 1.19. The fourth-order valence-corrected chi connectivity index (χ4v) is 0.635. The Labute approximate surface area is 46.6 Å². The van der Waals surface area contributed by atoms with Crippen LogP contribution in [0.2, 0.25) is 0 Å². The highest BCUT2D eigenvalue weighted by Gasteiger charge is 2.25. The van der Waals surface area contributed by atoms with Gasteiger partial charge in [0, 0.05) is 6.42 Å². The van der Waals surface area contributed by atoms with Crippen LogP contribution in [0, 0.1) is 5.92 Å². The minimum absolute atomic E-state index is 0.375. The fourth-order valence-electron chi connectivity index (χ4n) is 0.635. The van der Waals surface area contributed by atoms with Crippen LogP contribution in [0.1, 0.15) is 6.42 Å². The molecular weight excluding hydrogens is 108 g/mol. The van der Waals surface area contributed by atoms with E-state index in [-0.39, 0.29) is 5.97 Å². The van der Waals surface area contributed by atoms with Gasteiger partial charge >= 0.3 is 5.97 Å². The second-order valence-electron chi connectivity index (χ2n) is 1.70. The molecule has 0 bridgehead atoms. The Morgan fingerprint density at radius 3 is 2.75 bits per heavy atom. The molecule has 3 heteroatoms. The predicted octanol–water partition coefficient (Wildman–Crippen LogP) is -0.252. The van der Waals surface area contributed by atoms with Crippen molar-refractivity contribution in [3.05, 3.63) is 0 Å². The molecule has 8 heavy (non-hydrogen) atoms. The summed E-state index contributed by atoms with van der Waals surface area (Å²) in [6, 6.07) is 0. The van der Waals surface area contributed by atoms with Gasteiger partial charge in [-0.3, -0.25) is 4.79 Å². The Bertz CT molecular complexity index is 119. The molecule has 0 aromatic rings. The van der Waals surface area contributed by atoms with Crippen molar-refractivity contribution in [3.8, 4) is 0 Å². The number of aldehydes is 1. The zero-order chi connectivity index (χ0) is 5.98. The first-order chi connectivity index (χ1) is 3.84. The highest BCUT2D eigenvalue weighted by molar-refractivity contribution is 5.88. The lowest BCUT2D eigenvalue weighted by molar-refractivity contribution is -0.142. The maximum atomic E-state index is 10.4. The maximum absolute atomic E-state index is 10.4. The molecule has 0 spiro atoms. The van der Waals surface area contributed by atoms with E-state index in [1.807, 2.05) is 0 Å². The zero-order valence-corrected chi connectivity index (χ0v) is 4.29. The van der Waals surface area contributed by atoms with Crippen molar-refractivity contribution in [1.29, 1.82) is 0 Å². The standard InChI is InChI=1S/C5H6O3/c6-3-4-1-2-8-5(4)7/h3-4H,1-2H2. The van der Waals surface area contributed by atoms with Gasteiger partial charge in [-0.05, 0) is 0 Å². The summed E-state index contributed by atoms with van der Waals surface area (Å²) in [5.74, 6) is -0.852. The number of carbonyl (C=O) groups excluding carboxylic acids is 2. The Morgan fingerprint density at radius 2 is 2.50 bits per heavy atom. The second-order valence-corrected chi connectivity index (χ2v) is 1.70. The number of carbonyl (C=O) groups is 2. The third-order valence-corrected chi connectivity index (χ3v) is 1.14. The van der Waals surface area contributed by atoms with E-state index in [2.05, 4.69) is 4.74 Å². The summed E-state index contributed by atoms with van der Waals surface area (Å²) in [5, 5.41) is 0. The molecule has 1 aliphatic rings. The molecule has 1 aliphatic heterocycles. The van der Waals surface area contributed by atoms with E-state index in [0.717, 1.165) is 0 Å². The molecule has 1 unspecified atom stereocenters. The van der Waals surface area contributed by atoms with Crippen LogP contribution < -0.4 is 0 Å². The highest BCUT2D eigenvalue weighted by Crippen LogP contribution is 2.10. The normalized spacial score (nSPS) is 27.5. The number of hydrogen-bond donors (Lipinski definition) is 0. The van der Waals surface area contributed by atoms with Crippen LogP contribution in [0.5, 0.6) is 0 Å². The lowest BCUT2D eigenvalue weighted by Gasteiger charge is -1.87. The van der Waals surface area contributed by atoms with Gasteiger partial charge in [-0.1, -0.05) is 0 Å². The van der Waals surface area contributed by atoms with Gasteiger partial charge in [0.1, 0.15) is 12.2 Å². The lowest BCUT2D eigenvalue weighted by atomic mass is 10.1. The Hall–Kier alpha value is -0.860. The Morgan fingerprint density at radius 1 is 1.75 bits per heavy atom. The molecule has 1 rings (SSSR count). The first-order valence-corrected chi connectivity index (χ1v) is 2.46. The summed E-state index contributed by atoms with van der Waals surface area (Å²) in [5.41, 5.74) is 0. The van der Waals surface area contributed by atoms with E-state index in [4.69, 9.17) is 0 Å². The maximum Gasteiger partial charge on any atom is 0.316 e. The van der Waals surface area contributed by atoms with Gasteiger partial charge in [-0.15, -0.1) is 0 Å². The van der Waals surface area contributed by atoms with Crippen molar-refractivity contribution in [2.45, 2.75) is 6.42 Å². The number of hydrogen-bond acceptors (Lipinski definition) is 3. The second kappa shape index (κ2) is 1.94. The average Bonchev–Trinajstić information content (AvgIpc) is 2.14. The molecule has 44 valence electrons. The SMILES string of the molecule is O=CC1CCOC1=O. The molecule has 1 saturated heterocycles. The monoisotopic (exact) mass is 114 g/mol. The molecule has 1 heterocycles. The molecule has 0 amide bonds. The third-order valence-electron chi connectivity index (χ3n) is 1.14. The predicted molar refractivity (Wildman–Crippen MR) is 25.1 cm³/mol. The van der Waals surface area contributed by atoms with E-state index in [1.165, 1.54) is 0 Å². The van der Waals surface area contributed by atoms with Crippen molar-refractivity contribution in [1.82, 2.24) is 0 Å². The number of ether oxygens (including phenoxy) is 1. The highest BCUT2D eigenvalue weighted by atomic mass is 16.5. The fraction of sp³-hybridized carbons (Fsp3) is 0.600. The average molecular weight is 114 g/mol. The molecule has 0 aromatic heterocycles. The summed E-state index contributed by atoms with van der Waals surface area (Å²) >= 11 is 0. The van der Waals surface area contributed by atoms with Crippen LogP contribution in [-0.4, -0.2) is 18.9 Å². The molecule has 0 saturated carbocycles. The van der Waals surface area contributed by atoms with E-state index in [0.29, 0.717) is 19.3 Å². The van der Waals surface area contributed by atoms with Crippen molar-refractivity contribution < 1.29 is 14.3 Å². The lowest BCUT2D eigenvalue weighted by Crippen LogP contribution is -2.07. The molecule has 0 radical (unpaired) electrons. The Balaban J connectivity index is 2.54. The number of rotatable bonds is 1. The van der Waals surface area contributed by atoms with Crippen LogP contribution in [-0.2, 0) is 14.3 Å². The molecule has 0 aliphatic carbocycles. The number of cyclic esters (lactones) is 1. The molecule has 0 N–H and O–H groups in total. The van der Waals surface area contributed by atoms with Gasteiger partial charge in [0.2, 0.25) is 0 Å². The van der Waals surface area contributed by atoms with Gasteiger partial charge in [0.25, 0.3) is 0 Å². The van der Waals surface area contributed by atoms with Gasteiger partial charge in [0.05, 0.1) is 6.61 Å². The summed E-state index contributed by atoms with van der Waals surface area (Å²) in [7, 11) is 0. The Kier molecular flexibility index (Phi) is 1.28. The largest absolute Gasteiger partial charge is 0.465 e. The van der Waals surface area contributed by atoms with Crippen LogP contribution in [0.4, 0.5) is 0 Å². The molecule has 1 atom stereocenters. The first kappa shape index (κ1) is 5.28. The number of esters is 1. The van der Waals surface area contributed by atoms with E-state index in [9.17, 15) is 9.59 Å². The van der Waals surface area contributed by atoms with Crippen molar-refractivity contribution >= 4 is 12.3 Å². The van der Waals surface area contributed by atoms with Gasteiger partial charge in [0.15, 0.2) is 0 Å².